The Labute approximate surface area is 176 Å². The molecule has 0 amide bonds. The Hall–Kier alpha value is -3.17. The van der Waals surface area contributed by atoms with E-state index in [1.807, 2.05) is 48.0 Å². The molecule has 0 unspecified atom stereocenters. The molecule has 0 bridgehead atoms. The summed E-state index contributed by atoms with van der Waals surface area (Å²) in [7, 11) is 0. The summed E-state index contributed by atoms with van der Waals surface area (Å²) < 4.78 is 16.1. The number of nitriles is 1. The van der Waals surface area contributed by atoms with Gasteiger partial charge in [0.05, 0.1) is 16.9 Å². The van der Waals surface area contributed by atoms with Crippen LogP contribution in [0.15, 0.2) is 48.5 Å². The molecule has 0 saturated heterocycles. The van der Waals surface area contributed by atoms with Crippen LogP contribution < -0.4 is 11.1 Å². The number of hydrogen-bond donors (Lipinski definition) is 2. The van der Waals surface area contributed by atoms with Crippen LogP contribution in [-0.4, -0.2) is 22.4 Å². The molecule has 0 aliphatic heterocycles. The zero-order chi connectivity index (χ0) is 21.1. The van der Waals surface area contributed by atoms with E-state index in [1.165, 1.54) is 25.0 Å². The van der Waals surface area contributed by atoms with Crippen molar-refractivity contribution in [2.75, 3.05) is 11.9 Å². The number of anilines is 1. The molecule has 30 heavy (non-hydrogen) atoms. The van der Waals surface area contributed by atoms with Gasteiger partial charge in [-0.3, -0.25) is 0 Å². The lowest BCUT2D eigenvalue weighted by molar-refractivity contribution is 0.335. The molecular formula is C24H26FN5. The van der Waals surface area contributed by atoms with Gasteiger partial charge in [0, 0.05) is 24.2 Å². The van der Waals surface area contributed by atoms with Gasteiger partial charge in [0.1, 0.15) is 17.7 Å². The van der Waals surface area contributed by atoms with Crippen LogP contribution in [0.4, 0.5) is 10.2 Å². The van der Waals surface area contributed by atoms with Crippen molar-refractivity contribution in [1.29, 1.82) is 5.26 Å². The standard InChI is InChI=1S/C24H26FN5/c1-16-5-9-21(10-6-16)30-23(18-7-8-19(14-26)22(25)12-18)13-24(29-30)28-15-17-3-2-4-20(27)11-17/h5-10,12-13,17,20H,2-4,11,15,27H2,1H3,(H,28,29)/t17-,20-/m0/s1. The van der Waals surface area contributed by atoms with E-state index in [2.05, 4.69) is 5.32 Å². The van der Waals surface area contributed by atoms with Crippen molar-refractivity contribution in [3.8, 4) is 23.0 Å². The maximum Gasteiger partial charge on any atom is 0.149 e. The van der Waals surface area contributed by atoms with Crippen LogP contribution in [0.3, 0.4) is 0 Å². The van der Waals surface area contributed by atoms with Crippen molar-refractivity contribution in [1.82, 2.24) is 9.78 Å². The number of nitrogens with one attached hydrogen (secondary N) is 1. The molecule has 0 radical (unpaired) electrons. The van der Waals surface area contributed by atoms with Crippen molar-refractivity contribution >= 4 is 5.82 Å². The van der Waals surface area contributed by atoms with E-state index in [-0.39, 0.29) is 11.6 Å². The van der Waals surface area contributed by atoms with Crippen LogP contribution in [0, 0.1) is 30.0 Å². The second-order valence-corrected chi connectivity index (χ2v) is 8.14. The molecule has 1 heterocycles. The highest BCUT2D eigenvalue weighted by atomic mass is 19.1. The zero-order valence-electron chi connectivity index (χ0n) is 17.1. The number of nitrogens with two attached hydrogens (primary N) is 1. The summed E-state index contributed by atoms with van der Waals surface area (Å²) in [5.74, 6) is 0.751. The normalized spacial score (nSPS) is 18.7. The first-order valence-corrected chi connectivity index (χ1v) is 10.4. The number of rotatable bonds is 5. The molecule has 154 valence electrons. The molecule has 3 aromatic rings. The number of benzene rings is 2. The van der Waals surface area contributed by atoms with Crippen LogP contribution >= 0.6 is 0 Å². The Morgan fingerprint density at radius 3 is 2.70 bits per heavy atom. The minimum atomic E-state index is -0.530. The predicted molar refractivity (Wildman–Crippen MR) is 117 cm³/mol. The molecule has 3 N–H and O–H groups in total. The predicted octanol–water partition coefficient (Wildman–Crippen LogP) is 4.79. The van der Waals surface area contributed by atoms with E-state index >= 15 is 0 Å². The molecule has 5 nitrogen and oxygen atoms in total. The van der Waals surface area contributed by atoms with E-state index in [4.69, 9.17) is 16.1 Å². The third-order valence-corrected chi connectivity index (χ3v) is 5.77. The topological polar surface area (TPSA) is 79.7 Å². The van der Waals surface area contributed by atoms with Gasteiger partial charge in [0.25, 0.3) is 0 Å². The van der Waals surface area contributed by atoms with E-state index in [0.717, 1.165) is 42.1 Å². The van der Waals surface area contributed by atoms with Gasteiger partial charge < -0.3 is 11.1 Å². The molecule has 4 rings (SSSR count). The third-order valence-electron chi connectivity index (χ3n) is 5.77. The summed E-state index contributed by atoms with van der Waals surface area (Å²) in [6, 6.07) is 16.8. The summed E-state index contributed by atoms with van der Waals surface area (Å²) in [6.07, 6.45) is 4.47. The number of hydrogen-bond acceptors (Lipinski definition) is 4. The van der Waals surface area contributed by atoms with Crippen LogP contribution in [0.25, 0.3) is 16.9 Å². The quantitative estimate of drug-likeness (QED) is 0.642. The molecule has 6 heteroatoms. The van der Waals surface area contributed by atoms with Crippen LogP contribution in [-0.2, 0) is 0 Å². The average Bonchev–Trinajstić information content (AvgIpc) is 3.17. The van der Waals surface area contributed by atoms with E-state index in [9.17, 15) is 4.39 Å². The Morgan fingerprint density at radius 2 is 2.00 bits per heavy atom. The Kier molecular flexibility index (Phi) is 5.82. The van der Waals surface area contributed by atoms with Gasteiger partial charge in [0.2, 0.25) is 0 Å². The molecule has 1 aliphatic carbocycles. The minimum absolute atomic E-state index is 0.0344. The van der Waals surface area contributed by atoms with Crippen LogP contribution in [0.5, 0.6) is 0 Å². The highest BCUT2D eigenvalue weighted by Gasteiger charge is 2.20. The van der Waals surface area contributed by atoms with Gasteiger partial charge in [-0.15, -0.1) is 5.10 Å². The molecule has 1 aromatic heterocycles. The first kappa shape index (κ1) is 20.1. The van der Waals surface area contributed by atoms with Gasteiger partial charge in [-0.1, -0.05) is 30.2 Å². The number of aromatic nitrogens is 2. The van der Waals surface area contributed by atoms with Gasteiger partial charge >= 0.3 is 0 Å². The van der Waals surface area contributed by atoms with Crippen LogP contribution in [0.2, 0.25) is 0 Å². The van der Waals surface area contributed by atoms with Crippen molar-refractivity contribution < 1.29 is 4.39 Å². The summed E-state index contributed by atoms with van der Waals surface area (Å²) in [4.78, 5) is 0. The van der Waals surface area contributed by atoms with Crippen molar-refractivity contribution in [2.45, 2.75) is 38.6 Å². The number of aryl methyl sites for hydroxylation is 1. The number of nitrogens with zero attached hydrogens (tertiary/aromatic N) is 3. The monoisotopic (exact) mass is 403 g/mol. The van der Waals surface area contributed by atoms with Crippen LogP contribution in [0.1, 0.15) is 36.8 Å². The maximum absolute atomic E-state index is 14.3. The lowest BCUT2D eigenvalue weighted by Crippen LogP contribution is -2.31. The second kappa shape index (κ2) is 8.68. The van der Waals surface area contributed by atoms with Crippen molar-refractivity contribution in [3.63, 3.8) is 0 Å². The van der Waals surface area contributed by atoms with Gasteiger partial charge in [-0.2, -0.15) is 5.26 Å². The molecule has 0 spiro atoms. The second-order valence-electron chi connectivity index (χ2n) is 8.14. The molecule has 2 aromatic carbocycles. The van der Waals surface area contributed by atoms with E-state index < -0.39 is 5.82 Å². The molecular weight excluding hydrogens is 377 g/mol. The molecule has 1 saturated carbocycles. The lowest BCUT2D eigenvalue weighted by atomic mass is 9.86. The summed E-state index contributed by atoms with van der Waals surface area (Å²) in [5.41, 5.74) is 9.65. The summed E-state index contributed by atoms with van der Waals surface area (Å²) >= 11 is 0. The molecule has 2 atom stereocenters. The fraction of sp³-hybridized carbons (Fsp3) is 0.333. The van der Waals surface area contributed by atoms with Gasteiger partial charge in [-0.25, -0.2) is 9.07 Å². The SMILES string of the molecule is Cc1ccc(-n2nc(NC[C@H]3CCC[C@H](N)C3)cc2-c2ccc(C#N)c(F)c2)cc1. The average molecular weight is 404 g/mol. The third kappa shape index (κ3) is 4.37. The largest absolute Gasteiger partial charge is 0.368 e. The molecule has 1 aliphatic rings. The van der Waals surface area contributed by atoms with Gasteiger partial charge in [-0.05, 0) is 56.4 Å². The van der Waals surface area contributed by atoms with E-state index in [1.54, 1.807) is 6.07 Å². The van der Waals surface area contributed by atoms with Crippen molar-refractivity contribution in [3.05, 3.63) is 65.5 Å². The zero-order valence-corrected chi connectivity index (χ0v) is 17.1. The fourth-order valence-corrected chi connectivity index (χ4v) is 4.09. The highest BCUT2D eigenvalue weighted by molar-refractivity contribution is 5.67. The minimum Gasteiger partial charge on any atom is -0.368 e. The fourth-order valence-electron chi connectivity index (χ4n) is 4.09. The first-order chi connectivity index (χ1) is 14.5. The van der Waals surface area contributed by atoms with Gasteiger partial charge in [0.15, 0.2) is 0 Å². The Bertz CT molecular complexity index is 1060. The summed E-state index contributed by atoms with van der Waals surface area (Å²) in [5, 5.41) is 17.2. The summed E-state index contributed by atoms with van der Waals surface area (Å²) in [6.45, 7) is 2.85. The van der Waals surface area contributed by atoms with Crippen molar-refractivity contribution in [2.24, 2.45) is 11.7 Å². The lowest BCUT2D eigenvalue weighted by Gasteiger charge is -2.26. The smallest absolute Gasteiger partial charge is 0.149 e. The van der Waals surface area contributed by atoms with E-state index in [0.29, 0.717) is 11.5 Å². The maximum atomic E-state index is 14.3. The highest BCUT2D eigenvalue weighted by Crippen LogP contribution is 2.29. The molecule has 1 fully saturated rings. The Balaban J connectivity index is 1.66. The number of halogens is 1. The first-order valence-electron chi connectivity index (χ1n) is 10.4. The Morgan fingerprint density at radius 1 is 1.20 bits per heavy atom.